The molecule has 0 N–H and O–H groups in total. The number of hydrogen-bond acceptors (Lipinski definition) is 4. The molecule has 0 fully saturated rings. The van der Waals surface area contributed by atoms with Crippen LogP contribution in [0.3, 0.4) is 0 Å². The molecule has 4 rings (SSSR count). The maximum absolute atomic E-state index is 6.11. The molecular formula is C22H20Cl2N4S. The maximum atomic E-state index is 6.11. The van der Waals surface area contributed by atoms with Crippen LogP contribution in [0.5, 0.6) is 0 Å². The van der Waals surface area contributed by atoms with Gasteiger partial charge in [-0.25, -0.2) is 4.68 Å². The molecule has 2 aromatic heterocycles. The van der Waals surface area contributed by atoms with Gasteiger partial charge in [0.25, 0.3) is 0 Å². The van der Waals surface area contributed by atoms with Crippen LogP contribution in [0.4, 0.5) is 0 Å². The smallest absolute Gasteiger partial charge is 0.168 e. The van der Waals surface area contributed by atoms with Gasteiger partial charge < -0.3 is 0 Å². The summed E-state index contributed by atoms with van der Waals surface area (Å²) in [7, 11) is 0. The van der Waals surface area contributed by atoms with Crippen molar-refractivity contribution in [2.45, 2.75) is 33.1 Å². The summed E-state index contributed by atoms with van der Waals surface area (Å²) in [5, 5.41) is 16.9. The van der Waals surface area contributed by atoms with Crippen LogP contribution in [0, 0.1) is 6.92 Å². The van der Waals surface area contributed by atoms with Gasteiger partial charge in [-0.15, -0.1) is 10.2 Å². The van der Waals surface area contributed by atoms with E-state index in [0.717, 1.165) is 38.2 Å². The van der Waals surface area contributed by atoms with Crippen LogP contribution in [0.2, 0.25) is 10.0 Å². The molecule has 0 aliphatic carbocycles. The lowest BCUT2D eigenvalue weighted by molar-refractivity contribution is 0.578. The van der Waals surface area contributed by atoms with Crippen molar-refractivity contribution in [1.29, 1.82) is 0 Å². The quantitative estimate of drug-likeness (QED) is 0.343. The minimum Gasteiger partial charge on any atom is -0.232 e. The van der Waals surface area contributed by atoms with E-state index in [4.69, 9.17) is 28.3 Å². The Morgan fingerprint density at radius 2 is 1.45 bits per heavy atom. The lowest BCUT2D eigenvalue weighted by Crippen LogP contribution is -2.10. The summed E-state index contributed by atoms with van der Waals surface area (Å²) < 4.78 is 1.93. The van der Waals surface area contributed by atoms with E-state index in [9.17, 15) is 0 Å². The Hall–Kier alpha value is -2.21. The van der Waals surface area contributed by atoms with E-state index < -0.39 is 0 Å². The molecule has 0 unspecified atom stereocenters. The Bertz CT molecular complexity index is 1150. The maximum Gasteiger partial charge on any atom is 0.168 e. The summed E-state index contributed by atoms with van der Waals surface area (Å²) in [5.74, 6) is 0. The highest BCUT2D eigenvalue weighted by atomic mass is 35.5. The molecule has 7 heteroatoms. The minimum atomic E-state index is -0.0540. The van der Waals surface area contributed by atoms with Gasteiger partial charge in [0.1, 0.15) is 10.7 Å². The van der Waals surface area contributed by atoms with Crippen molar-refractivity contribution in [1.82, 2.24) is 20.0 Å². The Labute approximate surface area is 184 Å². The fourth-order valence-electron chi connectivity index (χ4n) is 3.04. The van der Waals surface area contributed by atoms with Crippen molar-refractivity contribution < 1.29 is 0 Å². The van der Waals surface area contributed by atoms with E-state index in [1.54, 1.807) is 11.3 Å². The molecule has 4 nitrogen and oxygen atoms in total. The van der Waals surface area contributed by atoms with Crippen molar-refractivity contribution in [3.63, 3.8) is 0 Å². The van der Waals surface area contributed by atoms with Crippen LogP contribution in [0.1, 0.15) is 31.3 Å². The van der Waals surface area contributed by atoms with E-state index in [2.05, 4.69) is 37.9 Å². The molecule has 0 aliphatic rings. The first-order chi connectivity index (χ1) is 13.7. The summed E-state index contributed by atoms with van der Waals surface area (Å²) in [6, 6.07) is 15.4. The third-order valence-corrected chi connectivity index (χ3v) is 6.44. The van der Waals surface area contributed by atoms with Crippen LogP contribution in [-0.2, 0) is 5.41 Å². The SMILES string of the molecule is Cc1c(-c2nnc(C(C)(C)C)s2)nn(-c2ccc(Cl)cc2)c1-c1ccc(Cl)cc1. The van der Waals surface area contributed by atoms with Crippen LogP contribution >= 0.6 is 34.5 Å². The lowest BCUT2D eigenvalue weighted by Gasteiger charge is -2.12. The third-order valence-electron chi connectivity index (χ3n) is 4.58. The predicted molar refractivity (Wildman–Crippen MR) is 121 cm³/mol. The molecule has 0 spiro atoms. The Kier molecular flexibility index (Phi) is 5.23. The Balaban J connectivity index is 1.92. The van der Waals surface area contributed by atoms with Gasteiger partial charge in [0.05, 0.1) is 11.4 Å². The molecule has 148 valence electrons. The van der Waals surface area contributed by atoms with Gasteiger partial charge in [-0.3, -0.25) is 0 Å². The summed E-state index contributed by atoms with van der Waals surface area (Å²) >= 11 is 13.8. The fourth-order valence-corrected chi connectivity index (χ4v) is 4.23. The molecule has 0 saturated carbocycles. The second kappa shape index (κ2) is 7.56. The normalized spacial score (nSPS) is 11.8. The fraction of sp³-hybridized carbons (Fsp3) is 0.227. The highest BCUT2D eigenvalue weighted by molar-refractivity contribution is 7.14. The Morgan fingerprint density at radius 3 is 2.00 bits per heavy atom. The molecular weight excluding hydrogens is 423 g/mol. The number of rotatable bonds is 3. The molecule has 0 aliphatic heterocycles. The van der Waals surface area contributed by atoms with Gasteiger partial charge in [0, 0.05) is 26.6 Å². The zero-order valence-electron chi connectivity index (χ0n) is 16.6. The average molecular weight is 443 g/mol. The van der Waals surface area contributed by atoms with Gasteiger partial charge in [0.15, 0.2) is 5.01 Å². The van der Waals surface area contributed by atoms with E-state index in [1.165, 1.54) is 0 Å². The number of benzene rings is 2. The van der Waals surface area contributed by atoms with Crippen molar-refractivity contribution >= 4 is 34.5 Å². The van der Waals surface area contributed by atoms with Crippen molar-refractivity contribution in [3.8, 4) is 27.6 Å². The highest BCUT2D eigenvalue weighted by Crippen LogP contribution is 2.37. The van der Waals surface area contributed by atoms with E-state index >= 15 is 0 Å². The zero-order chi connectivity index (χ0) is 20.8. The van der Waals surface area contributed by atoms with E-state index in [-0.39, 0.29) is 5.41 Å². The van der Waals surface area contributed by atoms with Crippen LogP contribution in [0.15, 0.2) is 48.5 Å². The lowest BCUT2D eigenvalue weighted by atomic mass is 9.98. The molecule has 2 heterocycles. The molecule has 4 aromatic rings. The standard InChI is InChI=1S/C22H20Cl2N4S/c1-13-18(20-25-26-21(29-20)22(2,3)4)27-28(17-11-9-16(24)10-12-17)19(13)14-5-7-15(23)8-6-14/h5-12H,1-4H3. The second-order valence-electron chi connectivity index (χ2n) is 7.88. The van der Waals surface area contributed by atoms with Crippen LogP contribution in [-0.4, -0.2) is 20.0 Å². The number of nitrogens with zero attached hydrogens (tertiary/aromatic N) is 4. The van der Waals surface area contributed by atoms with Crippen molar-refractivity contribution in [3.05, 3.63) is 69.1 Å². The Morgan fingerprint density at radius 1 is 0.862 bits per heavy atom. The first-order valence-electron chi connectivity index (χ1n) is 9.20. The molecule has 0 atom stereocenters. The molecule has 0 radical (unpaired) electrons. The minimum absolute atomic E-state index is 0.0540. The molecule has 0 amide bonds. The summed E-state index contributed by atoms with van der Waals surface area (Å²) in [6.45, 7) is 8.47. The van der Waals surface area contributed by atoms with Crippen LogP contribution < -0.4 is 0 Å². The largest absolute Gasteiger partial charge is 0.232 e. The third kappa shape index (κ3) is 3.95. The van der Waals surface area contributed by atoms with Crippen molar-refractivity contribution in [2.75, 3.05) is 0 Å². The molecule has 2 aromatic carbocycles. The number of halogens is 2. The van der Waals surface area contributed by atoms with E-state index in [1.807, 2.05) is 53.2 Å². The van der Waals surface area contributed by atoms with Gasteiger partial charge in [-0.1, -0.05) is 67.4 Å². The number of aromatic nitrogens is 4. The number of hydrogen-bond donors (Lipinski definition) is 0. The summed E-state index contributed by atoms with van der Waals surface area (Å²) in [6.07, 6.45) is 0. The van der Waals surface area contributed by atoms with Gasteiger partial charge >= 0.3 is 0 Å². The van der Waals surface area contributed by atoms with Gasteiger partial charge in [0.2, 0.25) is 0 Å². The molecule has 0 bridgehead atoms. The average Bonchev–Trinajstić information content (AvgIpc) is 3.28. The molecule has 0 saturated heterocycles. The summed E-state index contributed by atoms with van der Waals surface area (Å²) in [4.78, 5) is 0. The monoisotopic (exact) mass is 442 g/mol. The second-order valence-corrected chi connectivity index (χ2v) is 9.73. The molecule has 29 heavy (non-hydrogen) atoms. The van der Waals surface area contributed by atoms with Gasteiger partial charge in [-0.2, -0.15) is 5.10 Å². The van der Waals surface area contributed by atoms with Gasteiger partial charge in [-0.05, 0) is 43.3 Å². The first-order valence-corrected chi connectivity index (χ1v) is 10.8. The van der Waals surface area contributed by atoms with Crippen LogP contribution in [0.25, 0.3) is 27.6 Å². The van der Waals surface area contributed by atoms with E-state index in [0.29, 0.717) is 10.0 Å². The predicted octanol–water partition coefficient (Wildman–Crippen LogP) is 6.97. The summed E-state index contributed by atoms with van der Waals surface area (Å²) in [5.41, 5.74) is 4.76. The first kappa shape index (κ1) is 20.1. The van der Waals surface area contributed by atoms with Crippen molar-refractivity contribution in [2.24, 2.45) is 0 Å². The zero-order valence-corrected chi connectivity index (χ0v) is 18.9. The highest BCUT2D eigenvalue weighted by Gasteiger charge is 2.24. The topological polar surface area (TPSA) is 43.6 Å².